The molecule has 0 radical (unpaired) electrons. The van der Waals surface area contributed by atoms with E-state index in [2.05, 4.69) is 41.1 Å². The molecule has 106 valence electrons. The molecule has 1 fully saturated rings. The molecule has 3 rings (SSSR count). The maximum atomic E-state index is 6.04. The molecule has 20 heavy (non-hydrogen) atoms. The second-order valence-electron chi connectivity index (χ2n) is 5.37. The molecule has 4 nitrogen and oxygen atoms in total. The van der Waals surface area contributed by atoms with Crippen molar-refractivity contribution >= 4 is 10.9 Å². The summed E-state index contributed by atoms with van der Waals surface area (Å²) < 4.78 is 5.52. The number of ether oxygens (including phenoxy) is 1. The van der Waals surface area contributed by atoms with Gasteiger partial charge in [-0.2, -0.15) is 0 Å². The van der Waals surface area contributed by atoms with Gasteiger partial charge in [0.1, 0.15) is 0 Å². The first-order valence-electron chi connectivity index (χ1n) is 7.18. The molecule has 1 aromatic heterocycles. The fourth-order valence-corrected chi connectivity index (χ4v) is 2.97. The van der Waals surface area contributed by atoms with Crippen LogP contribution >= 0.6 is 0 Å². The number of nitrogens with two attached hydrogens (primary N) is 1. The summed E-state index contributed by atoms with van der Waals surface area (Å²) in [7, 11) is 0. The fraction of sp³-hybridized carbons (Fsp3) is 0.438. The van der Waals surface area contributed by atoms with Crippen molar-refractivity contribution < 1.29 is 4.74 Å². The normalized spacial score (nSPS) is 22.0. The predicted molar refractivity (Wildman–Crippen MR) is 80.5 cm³/mol. The summed E-state index contributed by atoms with van der Waals surface area (Å²) in [6.45, 7) is 5.33. The third-order valence-corrected chi connectivity index (χ3v) is 4.05. The average molecular weight is 271 g/mol. The molecular formula is C16H21N3O. The Balaban J connectivity index is 1.93. The highest BCUT2D eigenvalue weighted by Gasteiger charge is 2.26. The zero-order chi connectivity index (χ0) is 13.9. The first-order valence-corrected chi connectivity index (χ1v) is 7.18. The van der Waals surface area contributed by atoms with Crippen LogP contribution in [0.25, 0.3) is 10.9 Å². The summed E-state index contributed by atoms with van der Waals surface area (Å²) in [4.78, 5) is 6.82. The molecule has 0 saturated carbocycles. The molecule has 1 aromatic carbocycles. The van der Waals surface area contributed by atoms with Crippen molar-refractivity contribution in [2.45, 2.75) is 19.0 Å². The Bertz CT molecular complexity index is 587. The van der Waals surface area contributed by atoms with E-state index in [1.165, 1.54) is 10.9 Å². The summed E-state index contributed by atoms with van der Waals surface area (Å²) in [5.74, 6) is 0. The molecule has 0 bridgehead atoms. The number of benzene rings is 1. The number of pyridine rings is 1. The Hall–Kier alpha value is -1.49. The number of nitrogens with zero attached hydrogens (tertiary/aromatic N) is 2. The van der Waals surface area contributed by atoms with Gasteiger partial charge in [-0.05, 0) is 30.7 Å². The van der Waals surface area contributed by atoms with Gasteiger partial charge in [0.15, 0.2) is 0 Å². The summed E-state index contributed by atoms with van der Waals surface area (Å²) in [6, 6.07) is 11.2. The lowest BCUT2D eigenvalue weighted by Gasteiger charge is -2.39. The summed E-state index contributed by atoms with van der Waals surface area (Å²) in [6.07, 6.45) is 1.83. The number of morpholine rings is 1. The van der Waals surface area contributed by atoms with Crippen LogP contribution in [0, 0.1) is 0 Å². The van der Waals surface area contributed by atoms with Gasteiger partial charge in [0, 0.05) is 36.8 Å². The molecule has 4 heteroatoms. The molecule has 2 aromatic rings. The summed E-state index contributed by atoms with van der Waals surface area (Å²) >= 11 is 0. The lowest BCUT2D eigenvalue weighted by molar-refractivity contribution is -0.0209. The van der Waals surface area contributed by atoms with E-state index in [9.17, 15) is 0 Å². The van der Waals surface area contributed by atoms with E-state index in [1.807, 2.05) is 12.3 Å². The minimum atomic E-state index is 0.249. The molecular weight excluding hydrogens is 250 g/mol. The average Bonchev–Trinajstić information content (AvgIpc) is 2.50. The minimum absolute atomic E-state index is 0.249. The van der Waals surface area contributed by atoms with Gasteiger partial charge in [-0.3, -0.25) is 9.88 Å². The Morgan fingerprint density at radius 1 is 1.45 bits per heavy atom. The lowest BCUT2D eigenvalue weighted by atomic mass is 10.0. The molecule has 1 aliphatic heterocycles. The second-order valence-corrected chi connectivity index (χ2v) is 5.37. The van der Waals surface area contributed by atoms with Gasteiger partial charge in [0.25, 0.3) is 0 Å². The molecule has 0 amide bonds. The van der Waals surface area contributed by atoms with E-state index in [4.69, 9.17) is 10.5 Å². The summed E-state index contributed by atoms with van der Waals surface area (Å²) in [5.41, 5.74) is 8.34. The maximum absolute atomic E-state index is 6.04. The first-order chi connectivity index (χ1) is 9.79. The third kappa shape index (κ3) is 2.54. The number of hydrogen-bond donors (Lipinski definition) is 1. The maximum Gasteiger partial charge on any atom is 0.0702 e. The molecule has 1 aliphatic rings. The smallest absolute Gasteiger partial charge is 0.0702 e. The van der Waals surface area contributed by atoms with E-state index in [0.29, 0.717) is 12.6 Å². The van der Waals surface area contributed by atoms with Crippen molar-refractivity contribution in [1.82, 2.24) is 9.88 Å². The zero-order valence-electron chi connectivity index (χ0n) is 11.8. The quantitative estimate of drug-likeness (QED) is 0.927. The highest BCUT2D eigenvalue weighted by molar-refractivity contribution is 5.79. The van der Waals surface area contributed by atoms with Crippen LogP contribution in [0.4, 0.5) is 0 Å². The van der Waals surface area contributed by atoms with Crippen molar-refractivity contribution in [2.24, 2.45) is 5.73 Å². The molecule has 2 unspecified atom stereocenters. The lowest BCUT2D eigenvalue weighted by Crippen LogP contribution is -2.47. The van der Waals surface area contributed by atoms with E-state index < -0.39 is 0 Å². The number of fused-ring (bicyclic) bond motifs is 1. The Morgan fingerprint density at radius 2 is 2.35 bits per heavy atom. The van der Waals surface area contributed by atoms with Gasteiger partial charge >= 0.3 is 0 Å². The van der Waals surface area contributed by atoms with Gasteiger partial charge in [-0.25, -0.2) is 0 Å². The van der Waals surface area contributed by atoms with Crippen molar-refractivity contribution in [3.8, 4) is 0 Å². The highest BCUT2D eigenvalue weighted by Crippen LogP contribution is 2.26. The van der Waals surface area contributed by atoms with Crippen LogP contribution in [-0.2, 0) is 4.74 Å². The Kier molecular flexibility index (Phi) is 3.96. The Morgan fingerprint density at radius 3 is 3.15 bits per heavy atom. The van der Waals surface area contributed by atoms with Gasteiger partial charge in [-0.1, -0.05) is 12.1 Å². The van der Waals surface area contributed by atoms with E-state index in [-0.39, 0.29) is 6.04 Å². The van der Waals surface area contributed by atoms with E-state index >= 15 is 0 Å². The number of rotatable bonds is 3. The monoisotopic (exact) mass is 271 g/mol. The number of aromatic nitrogens is 1. The predicted octanol–water partition coefficient (Wildman–Crippen LogP) is 1.96. The minimum Gasteiger partial charge on any atom is -0.379 e. The van der Waals surface area contributed by atoms with Gasteiger partial charge in [-0.15, -0.1) is 0 Å². The van der Waals surface area contributed by atoms with Crippen LogP contribution in [-0.4, -0.2) is 42.2 Å². The summed E-state index contributed by atoms with van der Waals surface area (Å²) in [5, 5.41) is 1.17. The van der Waals surface area contributed by atoms with Gasteiger partial charge < -0.3 is 10.5 Å². The fourth-order valence-electron chi connectivity index (χ4n) is 2.97. The molecule has 2 atom stereocenters. The van der Waals surface area contributed by atoms with Crippen molar-refractivity contribution in [3.63, 3.8) is 0 Å². The molecule has 0 aliphatic carbocycles. The van der Waals surface area contributed by atoms with Crippen LogP contribution in [0.2, 0.25) is 0 Å². The molecule has 0 spiro atoms. The highest BCUT2D eigenvalue weighted by atomic mass is 16.5. The second kappa shape index (κ2) is 5.87. The first kappa shape index (κ1) is 13.5. The van der Waals surface area contributed by atoms with Crippen molar-refractivity contribution in [3.05, 3.63) is 42.1 Å². The van der Waals surface area contributed by atoms with Gasteiger partial charge in [0.2, 0.25) is 0 Å². The van der Waals surface area contributed by atoms with Crippen LogP contribution in [0.3, 0.4) is 0 Å². The Labute approximate surface area is 119 Å². The SMILES string of the molecule is CC1COCCN1C(CN)c1ccc2ncccc2c1. The van der Waals surface area contributed by atoms with Crippen LogP contribution in [0.5, 0.6) is 0 Å². The molecule has 1 saturated heterocycles. The molecule has 2 heterocycles. The van der Waals surface area contributed by atoms with E-state index in [0.717, 1.165) is 25.3 Å². The topological polar surface area (TPSA) is 51.4 Å². The standard InChI is InChI=1S/C16H21N3O/c1-12-11-20-8-7-19(12)16(10-17)14-4-5-15-13(9-14)3-2-6-18-15/h2-6,9,12,16H,7-8,10-11,17H2,1H3. The zero-order valence-corrected chi connectivity index (χ0v) is 11.8. The van der Waals surface area contributed by atoms with Gasteiger partial charge in [0.05, 0.1) is 18.7 Å². The largest absolute Gasteiger partial charge is 0.379 e. The molecule has 2 N–H and O–H groups in total. The number of hydrogen-bond acceptors (Lipinski definition) is 4. The van der Waals surface area contributed by atoms with Crippen LogP contribution in [0.1, 0.15) is 18.5 Å². The van der Waals surface area contributed by atoms with Crippen molar-refractivity contribution in [2.75, 3.05) is 26.3 Å². The van der Waals surface area contributed by atoms with Crippen molar-refractivity contribution in [1.29, 1.82) is 0 Å². The van der Waals surface area contributed by atoms with Crippen LogP contribution in [0.15, 0.2) is 36.5 Å². The van der Waals surface area contributed by atoms with Crippen LogP contribution < -0.4 is 5.73 Å². The third-order valence-electron chi connectivity index (χ3n) is 4.05. The van der Waals surface area contributed by atoms with E-state index in [1.54, 1.807) is 0 Å².